The van der Waals surface area contributed by atoms with Gasteiger partial charge in [0.05, 0.1) is 5.55 Å². The summed E-state index contributed by atoms with van der Waals surface area (Å²) in [7, 11) is 0. The minimum Gasteiger partial charge on any atom is -0.463 e. The van der Waals surface area contributed by atoms with E-state index in [0.717, 1.165) is 5.01 Å². The number of rotatable bonds is 0. The lowest BCUT2D eigenvalue weighted by Crippen LogP contribution is -2.17. The van der Waals surface area contributed by atoms with E-state index in [1.807, 2.05) is 0 Å². The number of hydrogen-bond acceptors (Lipinski definition) is 3. The normalized spacial score (nSPS) is 16.2. The van der Waals surface area contributed by atoms with Crippen molar-refractivity contribution >= 4 is 23.4 Å². The van der Waals surface area contributed by atoms with Crippen molar-refractivity contribution in [3.63, 3.8) is 0 Å². The van der Waals surface area contributed by atoms with E-state index in [-0.39, 0.29) is 0 Å². The van der Waals surface area contributed by atoms with Gasteiger partial charge in [0.1, 0.15) is 0 Å². The van der Waals surface area contributed by atoms with E-state index < -0.39 is 6.09 Å². The van der Waals surface area contributed by atoms with Crippen LogP contribution in [0, 0.1) is 0 Å². The number of amides is 1. The minimum absolute atomic E-state index is 0.844. The van der Waals surface area contributed by atoms with Crippen molar-refractivity contribution in [1.29, 1.82) is 0 Å². The molecule has 0 aliphatic carbocycles. The van der Waals surface area contributed by atoms with Crippen LogP contribution in [0.5, 0.6) is 0 Å². The number of nitrogens with zero attached hydrogens (tertiary/aromatic N) is 2. The Bertz CT molecular complexity index is 165. The molecule has 1 rings (SSSR count). The predicted molar refractivity (Wildman–Crippen MR) is 35.1 cm³/mol. The van der Waals surface area contributed by atoms with Crippen molar-refractivity contribution in [2.24, 2.45) is 5.10 Å². The van der Waals surface area contributed by atoms with Gasteiger partial charge in [-0.05, 0) is 5.41 Å². The van der Waals surface area contributed by atoms with Gasteiger partial charge in [0.2, 0.25) is 0 Å². The van der Waals surface area contributed by atoms with E-state index in [9.17, 15) is 4.79 Å². The summed E-state index contributed by atoms with van der Waals surface area (Å²) in [6.07, 6.45) is 0.315. The summed E-state index contributed by atoms with van der Waals surface area (Å²) in [4.78, 5) is 10.1. The second-order valence-electron chi connectivity index (χ2n) is 1.27. The Morgan fingerprint density at radius 2 is 2.56 bits per heavy atom. The van der Waals surface area contributed by atoms with Crippen LogP contribution < -0.4 is 0 Å². The molecule has 0 atom stereocenters. The number of carboxylic acid groups (broad SMARTS) is 1. The lowest BCUT2D eigenvalue weighted by Gasteiger charge is -2.07. The molecule has 0 bridgehead atoms. The fourth-order valence-corrected chi connectivity index (χ4v) is 0.769. The number of thioether (sulfide) groups is 1. The minimum atomic E-state index is -1.07. The predicted octanol–water partition coefficient (Wildman–Crippen LogP) is 1.13. The van der Waals surface area contributed by atoms with Gasteiger partial charge in [-0.1, -0.05) is 11.8 Å². The molecule has 4 nitrogen and oxygen atoms in total. The summed E-state index contributed by atoms with van der Waals surface area (Å²) in [5.41, 5.74) is 1.45. The molecule has 5 heteroatoms. The van der Waals surface area contributed by atoms with Crippen molar-refractivity contribution in [3.8, 4) is 0 Å². The average Bonchev–Trinajstić information content (AvgIpc) is 1.90. The van der Waals surface area contributed by atoms with Crippen LogP contribution in [0.3, 0.4) is 0 Å². The Hall–Kier alpha value is -0.970. The standard InChI is InChI=1S/C4H4N2O2S/c7-4(8)6-1-2-9-3-5-6/h1-3H,(H,7,8). The Morgan fingerprint density at radius 3 is 2.89 bits per heavy atom. The van der Waals surface area contributed by atoms with Gasteiger partial charge in [0.25, 0.3) is 0 Å². The van der Waals surface area contributed by atoms with Gasteiger partial charge in [0.15, 0.2) is 0 Å². The highest BCUT2D eigenvalue weighted by Crippen LogP contribution is 2.06. The van der Waals surface area contributed by atoms with Gasteiger partial charge in [0, 0.05) is 6.20 Å². The first-order chi connectivity index (χ1) is 4.30. The van der Waals surface area contributed by atoms with E-state index in [1.54, 1.807) is 5.41 Å². The molecule has 0 aromatic heterocycles. The van der Waals surface area contributed by atoms with Crippen molar-refractivity contribution in [2.75, 3.05) is 0 Å². The number of hydrazone groups is 1. The first-order valence-corrected chi connectivity index (χ1v) is 3.12. The van der Waals surface area contributed by atoms with Crippen molar-refractivity contribution in [3.05, 3.63) is 11.6 Å². The Kier molecular flexibility index (Phi) is 1.74. The van der Waals surface area contributed by atoms with Crippen LogP contribution in [0.25, 0.3) is 0 Å². The Balaban J connectivity index is 2.60. The van der Waals surface area contributed by atoms with E-state index >= 15 is 0 Å². The molecule has 0 radical (unpaired) electrons. The van der Waals surface area contributed by atoms with Crippen LogP contribution in [0.15, 0.2) is 16.7 Å². The topological polar surface area (TPSA) is 52.9 Å². The molecule has 1 aliphatic rings. The van der Waals surface area contributed by atoms with Crippen LogP contribution in [0.2, 0.25) is 0 Å². The number of carbonyl (C=O) groups is 1. The van der Waals surface area contributed by atoms with Gasteiger partial charge < -0.3 is 5.11 Å². The van der Waals surface area contributed by atoms with E-state index in [4.69, 9.17) is 5.11 Å². The van der Waals surface area contributed by atoms with Crippen molar-refractivity contribution in [1.82, 2.24) is 5.01 Å². The van der Waals surface area contributed by atoms with Crippen LogP contribution >= 0.6 is 11.8 Å². The maximum absolute atomic E-state index is 10.1. The first kappa shape index (κ1) is 6.15. The molecule has 1 amide bonds. The van der Waals surface area contributed by atoms with Crippen LogP contribution in [0.1, 0.15) is 0 Å². The molecule has 1 heterocycles. The fourth-order valence-electron chi connectivity index (χ4n) is 0.358. The third-order valence-electron chi connectivity index (χ3n) is 0.709. The van der Waals surface area contributed by atoms with Gasteiger partial charge in [-0.15, -0.1) is 0 Å². The zero-order valence-corrected chi connectivity index (χ0v) is 5.21. The van der Waals surface area contributed by atoms with Gasteiger partial charge in [-0.25, -0.2) is 4.79 Å². The van der Waals surface area contributed by atoms with E-state index in [2.05, 4.69) is 5.10 Å². The maximum atomic E-state index is 10.1. The summed E-state index contributed by atoms with van der Waals surface area (Å²) in [5, 5.41) is 14.3. The maximum Gasteiger partial charge on any atom is 0.432 e. The molecule has 0 aromatic carbocycles. The smallest absolute Gasteiger partial charge is 0.432 e. The third kappa shape index (κ3) is 1.46. The van der Waals surface area contributed by atoms with Gasteiger partial charge in [-0.2, -0.15) is 10.1 Å². The molecule has 9 heavy (non-hydrogen) atoms. The molecular formula is C4H4N2O2S. The number of hydrogen-bond donors (Lipinski definition) is 1. The van der Waals surface area contributed by atoms with Crippen LogP contribution in [-0.2, 0) is 0 Å². The molecule has 0 saturated carbocycles. The third-order valence-corrected chi connectivity index (χ3v) is 1.20. The first-order valence-electron chi connectivity index (χ1n) is 2.17. The van der Waals surface area contributed by atoms with Crippen molar-refractivity contribution in [2.45, 2.75) is 0 Å². The molecular weight excluding hydrogens is 140 g/mol. The molecule has 1 N–H and O–H groups in total. The second-order valence-corrected chi connectivity index (χ2v) is 2.02. The summed E-state index contributed by atoms with van der Waals surface area (Å²) >= 11 is 1.34. The van der Waals surface area contributed by atoms with Crippen molar-refractivity contribution < 1.29 is 9.90 Å². The van der Waals surface area contributed by atoms with E-state index in [1.165, 1.54) is 23.5 Å². The zero-order chi connectivity index (χ0) is 6.69. The summed E-state index contributed by atoms with van der Waals surface area (Å²) in [6.45, 7) is 0. The lowest BCUT2D eigenvalue weighted by atomic mass is 10.9. The second kappa shape index (κ2) is 2.54. The Morgan fingerprint density at radius 1 is 1.78 bits per heavy atom. The summed E-state index contributed by atoms with van der Waals surface area (Å²) in [5.74, 6) is 0. The quantitative estimate of drug-likeness (QED) is 0.554. The highest BCUT2D eigenvalue weighted by atomic mass is 32.2. The Labute approximate surface area is 55.8 Å². The molecule has 0 spiro atoms. The van der Waals surface area contributed by atoms with E-state index in [0.29, 0.717) is 0 Å². The SMILES string of the molecule is O=C(O)N1C=CSC=N1. The molecule has 0 fully saturated rings. The largest absolute Gasteiger partial charge is 0.463 e. The van der Waals surface area contributed by atoms with Gasteiger partial charge >= 0.3 is 6.09 Å². The summed E-state index contributed by atoms with van der Waals surface area (Å²) in [6, 6.07) is 0. The lowest BCUT2D eigenvalue weighted by molar-refractivity contribution is 0.164. The highest BCUT2D eigenvalue weighted by Gasteiger charge is 2.05. The van der Waals surface area contributed by atoms with Gasteiger partial charge in [-0.3, -0.25) is 0 Å². The average molecular weight is 144 g/mol. The molecule has 0 unspecified atom stereocenters. The van der Waals surface area contributed by atoms with Crippen LogP contribution in [0.4, 0.5) is 4.79 Å². The summed E-state index contributed by atoms with van der Waals surface area (Å²) < 4.78 is 0. The highest BCUT2D eigenvalue weighted by molar-refractivity contribution is 8.14. The monoisotopic (exact) mass is 144 g/mol. The van der Waals surface area contributed by atoms with Crippen LogP contribution in [-0.4, -0.2) is 21.8 Å². The zero-order valence-electron chi connectivity index (χ0n) is 4.39. The molecule has 48 valence electrons. The fraction of sp³-hybridized carbons (Fsp3) is 0. The molecule has 0 aromatic rings. The molecule has 1 aliphatic heterocycles. The molecule has 0 saturated heterocycles.